The van der Waals surface area contributed by atoms with Gasteiger partial charge in [0.2, 0.25) is 5.78 Å². The molecule has 0 aliphatic heterocycles. The van der Waals surface area contributed by atoms with Crippen LogP contribution >= 0.6 is 27.3 Å². The summed E-state index contributed by atoms with van der Waals surface area (Å²) >= 11 is 4.28. The van der Waals surface area contributed by atoms with Crippen LogP contribution in [-0.4, -0.2) is 5.78 Å². The van der Waals surface area contributed by atoms with E-state index in [0.717, 1.165) is 17.4 Å². The van der Waals surface area contributed by atoms with Crippen LogP contribution in [-0.2, 0) is 6.18 Å². The number of hydrogen-bond acceptors (Lipinski definition) is 2. The highest BCUT2D eigenvalue weighted by atomic mass is 79.9. The maximum Gasteiger partial charge on any atom is 0.417 e. The quantitative estimate of drug-likeness (QED) is 0.723. The van der Waals surface area contributed by atoms with E-state index in [1.165, 1.54) is 24.3 Å². The molecule has 2 rings (SSSR count). The number of alkyl halides is 3. The molecule has 1 heterocycles. The molecule has 2 aromatic rings. The molecule has 0 aliphatic rings. The lowest BCUT2D eigenvalue weighted by Gasteiger charge is -2.10. The second kappa shape index (κ2) is 4.85. The minimum atomic E-state index is -4.53. The Kier molecular flexibility index (Phi) is 3.59. The Morgan fingerprint density at radius 2 is 1.78 bits per heavy atom. The Morgan fingerprint density at radius 3 is 2.33 bits per heavy atom. The first-order chi connectivity index (χ1) is 8.39. The second-order valence-electron chi connectivity index (χ2n) is 3.48. The molecule has 0 aliphatic carbocycles. The first kappa shape index (κ1) is 13.3. The lowest BCUT2D eigenvalue weighted by Crippen LogP contribution is -2.12. The highest BCUT2D eigenvalue weighted by Crippen LogP contribution is 2.34. The van der Waals surface area contributed by atoms with E-state index in [1.54, 1.807) is 6.07 Å². The Hall–Kier alpha value is -1.14. The second-order valence-corrected chi connectivity index (χ2v) is 5.94. The smallest absolute Gasteiger partial charge is 0.288 e. The monoisotopic (exact) mass is 334 g/mol. The number of ketones is 1. The van der Waals surface area contributed by atoms with Crippen molar-refractivity contribution in [3.05, 3.63) is 56.2 Å². The number of thiophene rings is 1. The van der Waals surface area contributed by atoms with Gasteiger partial charge in [-0.25, -0.2) is 0 Å². The minimum Gasteiger partial charge on any atom is -0.288 e. The van der Waals surface area contributed by atoms with E-state index in [-0.39, 0.29) is 10.4 Å². The summed E-state index contributed by atoms with van der Waals surface area (Å²) in [5.74, 6) is -0.612. The summed E-state index contributed by atoms with van der Waals surface area (Å²) in [5.41, 5.74) is -1.22. The van der Waals surface area contributed by atoms with Crippen molar-refractivity contribution in [2.24, 2.45) is 0 Å². The number of halogens is 4. The maximum absolute atomic E-state index is 12.8. The summed E-state index contributed by atoms with van der Waals surface area (Å²) in [5, 5.41) is 0. The van der Waals surface area contributed by atoms with Gasteiger partial charge in [-0.2, -0.15) is 13.2 Å². The molecule has 0 atom stereocenters. The van der Waals surface area contributed by atoms with Gasteiger partial charge in [-0.3, -0.25) is 4.79 Å². The minimum absolute atomic E-state index is 0.276. The fourth-order valence-corrected chi connectivity index (χ4v) is 2.84. The van der Waals surface area contributed by atoms with Crippen LogP contribution in [0.25, 0.3) is 0 Å². The van der Waals surface area contributed by atoms with Crippen LogP contribution in [0.4, 0.5) is 13.2 Å². The Labute approximate surface area is 113 Å². The van der Waals surface area contributed by atoms with Gasteiger partial charge >= 0.3 is 6.18 Å². The molecule has 6 heteroatoms. The molecule has 0 fully saturated rings. The number of carbonyl (C=O) groups excluding carboxylic acids is 1. The molecule has 0 unspecified atom stereocenters. The molecule has 94 valence electrons. The molecular formula is C12H6BrF3OS. The molecule has 0 spiro atoms. The van der Waals surface area contributed by atoms with E-state index in [0.29, 0.717) is 3.79 Å². The topological polar surface area (TPSA) is 17.1 Å². The molecule has 18 heavy (non-hydrogen) atoms. The molecule has 1 aromatic heterocycles. The molecule has 0 amide bonds. The first-order valence-corrected chi connectivity index (χ1v) is 6.47. The Morgan fingerprint density at radius 1 is 1.11 bits per heavy atom. The number of rotatable bonds is 2. The van der Waals surface area contributed by atoms with Crippen molar-refractivity contribution in [1.82, 2.24) is 0 Å². The molecular weight excluding hydrogens is 329 g/mol. The first-order valence-electron chi connectivity index (χ1n) is 4.86. The van der Waals surface area contributed by atoms with Gasteiger partial charge in [0.15, 0.2) is 0 Å². The SMILES string of the molecule is O=C(c1ccc(Br)s1)c1ccccc1C(F)(F)F. The predicted molar refractivity (Wildman–Crippen MR) is 66.9 cm³/mol. The van der Waals surface area contributed by atoms with Crippen LogP contribution in [0.3, 0.4) is 0 Å². The van der Waals surface area contributed by atoms with Crippen molar-refractivity contribution < 1.29 is 18.0 Å². The summed E-state index contributed by atoms with van der Waals surface area (Å²) in [7, 11) is 0. The van der Waals surface area contributed by atoms with Crippen molar-refractivity contribution in [2.45, 2.75) is 6.18 Å². The van der Waals surface area contributed by atoms with Crippen LogP contribution in [0.1, 0.15) is 20.8 Å². The summed E-state index contributed by atoms with van der Waals surface area (Å²) in [4.78, 5) is 12.3. The van der Waals surface area contributed by atoms with Crippen molar-refractivity contribution in [3.63, 3.8) is 0 Å². The van der Waals surface area contributed by atoms with Crippen molar-refractivity contribution in [1.29, 1.82) is 0 Å². The highest BCUT2D eigenvalue weighted by molar-refractivity contribution is 9.11. The number of benzene rings is 1. The summed E-state index contributed by atoms with van der Waals surface area (Å²) in [6, 6.07) is 7.93. The average molecular weight is 335 g/mol. The third-order valence-corrected chi connectivity index (χ3v) is 3.90. The molecule has 0 saturated heterocycles. The van der Waals surface area contributed by atoms with E-state index in [9.17, 15) is 18.0 Å². The van der Waals surface area contributed by atoms with Crippen molar-refractivity contribution >= 4 is 33.0 Å². The molecule has 0 bridgehead atoms. The third kappa shape index (κ3) is 2.64. The number of carbonyl (C=O) groups is 1. The van der Waals surface area contributed by atoms with E-state index in [4.69, 9.17) is 0 Å². The zero-order chi connectivity index (χ0) is 13.3. The number of hydrogen-bond donors (Lipinski definition) is 0. The van der Waals surface area contributed by atoms with E-state index >= 15 is 0 Å². The van der Waals surface area contributed by atoms with Crippen LogP contribution in [0, 0.1) is 0 Å². The van der Waals surface area contributed by atoms with Crippen molar-refractivity contribution in [2.75, 3.05) is 0 Å². The normalized spacial score (nSPS) is 11.6. The van der Waals surface area contributed by atoms with Gasteiger partial charge in [0.05, 0.1) is 14.2 Å². The average Bonchev–Trinajstić information content (AvgIpc) is 2.74. The maximum atomic E-state index is 12.8. The zero-order valence-corrected chi connectivity index (χ0v) is 11.2. The van der Waals surface area contributed by atoms with Gasteiger partial charge in [0.1, 0.15) is 0 Å². The standard InChI is InChI=1S/C12H6BrF3OS/c13-10-6-5-9(18-10)11(17)7-3-1-2-4-8(7)12(14,15)16/h1-6H. The molecule has 1 aromatic carbocycles. The van der Waals surface area contributed by atoms with Gasteiger partial charge in [0.25, 0.3) is 0 Å². The van der Waals surface area contributed by atoms with Gasteiger partial charge in [-0.05, 0) is 34.1 Å². The molecule has 0 saturated carbocycles. The predicted octanol–water partition coefficient (Wildman–Crippen LogP) is 4.76. The fraction of sp³-hybridized carbons (Fsp3) is 0.0833. The lowest BCUT2D eigenvalue weighted by molar-refractivity contribution is -0.137. The highest BCUT2D eigenvalue weighted by Gasteiger charge is 2.35. The Bertz CT molecular complexity index is 589. The summed E-state index contributed by atoms with van der Waals surface area (Å²) < 4.78 is 39.0. The fourth-order valence-electron chi connectivity index (χ4n) is 1.50. The lowest BCUT2D eigenvalue weighted by atomic mass is 10.0. The van der Waals surface area contributed by atoms with Gasteiger partial charge in [-0.1, -0.05) is 18.2 Å². The van der Waals surface area contributed by atoms with Gasteiger partial charge in [-0.15, -0.1) is 11.3 Å². The zero-order valence-electron chi connectivity index (χ0n) is 8.79. The molecule has 1 nitrogen and oxygen atoms in total. The van der Waals surface area contributed by atoms with Crippen LogP contribution in [0.2, 0.25) is 0 Å². The van der Waals surface area contributed by atoms with Crippen molar-refractivity contribution in [3.8, 4) is 0 Å². The van der Waals surface area contributed by atoms with Crippen LogP contribution in [0.5, 0.6) is 0 Å². The Balaban J connectivity index is 2.49. The summed E-state index contributed by atoms with van der Waals surface area (Å²) in [6.07, 6.45) is -4.53. The third-order valence-electron chi connectivity index (χ3n) is 2.27. The molecule has 0 radical (unpaired) electrons. The molecule has 0 N–H and O–H groups in total. The van der Waals surface area contributed by atoms with Gasteiger partial charge < -0.3 is 0 Å². The largest absolute Gasteiger partial charge is 0.417 e. The van der Waals surface area contributed by atoms with E-state index in [2.05, 4.69) is 15.9 Å². The van der Waals surface area contributed by atoms with Crippen LogP contribution in [0.15, 0.2) is 40.2 Å². The van der Waals surface area contributed by atoms with E-state index in [1.807, 2.05) is 0 Å². The summed E-state index contributed by atoms with van der Waals surface area (Å²) in [6.45, 7) is 0. The van der Waals surface area contributed by atoms with Crippen LogP contribution < -0.4 is 0 Å². The van der Waals surface area contributed by atoms with Gasteiger partial charge in [0, 0.05) is 5.56 Å². The van der Waals surface area contributed by atoms with E-state index < -0.39 is 17.5 Å².